The number of benzene rings is 1. The summed E-state index contributed by atoms with van der Waals surface area (Å²) in [5.41, 5.74) is 4.63. The molecule has 0 atom stereocenters. The van der Waals surface area contributed by atoms with E-state index >= 15 is 0 Å². The molecule has 0 saturated heterocycles. The van der Waals surface area contributed by atoms with E-state index in [9.17, 15) is 0 Å². The van der Waals surface area contributed by atoms with Crippen molar-refractivity contribution in [2.24, 2.45) is 0 Å². The molecule has 1 aromatic carbocycles. The Labute approximate surface area is 138 Å². The third kappa shape index (κ3) is 3.52. The molecule has 3 rings (SSSR count). The number of nitrogens with one attached hydrogen (secondary N) is 1. The second-order valence-corrected chi connectivity index (χ2v) is 5.99. The van der Waals surface area contributed by atoms with E-state index in [4.69, 9.17) is 0 Å². The molecule has 110 valence electrons. The van der Waals surface area contributed by atoms with Gasteiger partial charge in [-0.05, 0) is 63.3 Å². The second-order valence-electron chi connectivity index (χ2n) is 5.14. The lowest BCUT2D eigenvalue weighted by Gasteiger charge is -2.09. The zero-order valence-corrected chi connectivity index (χ0v) is 13.8. The second kappa shape index (κ2) is 6.71. The van der Waals surface area contributed by atoms with Crippen LogP contribution in [0.5, 0.6) is 0 Å². The van der Waals surface area contributed by atoms with Crippen molar-refractivity contribution in [3.05, 3.63) is 76.7 Å². The van der Waals surface area contributed by atoms with E-state index in [0.29, 0.717) is 0 Å². The zero-order chi connectivity index (χ0) is 15.4. The number of anilines is 1. The van der Waals surface area contributed by atoms with E-state index in [1.165, 1.54) is 11.1 Å². The number of pyridine rings is 2. The van der Waals surface area contributed by atoms with Crippen molar-refractivity contribution in [3.8, 4) is 11.1 Å². The molecule has 0 bridgehead atoms. The van der Waals surface area contributed by atoms with Gasteiger partial charge in [-0.25, -0.2) is 4.98 Å². The molecule has 0 saturated carbocycles. The fourth-order valence-electron chi connectivity index (χ4n) is 2.24. The van der Waals surface area contributed by atoms with Gasteiger partial charge < -0.3 is 5.32 Å². The van der Waals surface area contributed by atoms with E-state index < -0.39 is 0 Å². The highest BCUT2D eigenvalue weighted by Crippen LogP contribution is 2.23. The lowest BCUT2D eigenvalue weighted by Crippen LogP contribution is -2.02. The minimum Gasteiger partial charge on any atom is -0.365 e. The van der Waals surface area contributed by atoms with Gasteiger partial charge in [0.1, 0.15) is 5.82 Å². The summed E-state index contributed by atoms with van der Waals surface area (Å²) in [5, 5.41) is 3.36. The molecular formula is C18H16BrN3. The summed E-state index contributed by atoms with van der Waals surface area (Å²) in [6.45, 7) is 2.75. The van der Waals surface area contributed by atoms with Crippen LogP contribution >= 0.6 is 15.9 Å². The number of rotatable bonds is 4. The van der Waals surface area contributed by atoms with Crippen LogP contribution in [0.15, 0.2) is 65.5 Å². The number of hydrogen-bond donors (Lipinski definition) is 1. The maximum atomic E-state index is 4.41. The Balaban J connectivity index is 1.76. The average Bonchev–Trinajstić information content (AvgIpc) is 2.55. The van der Waals surface area contributed by atoms with Gasteiger partial charge >= 0.3 is 0 Å². The number of hydrogen-bond acceptors (Lipinski definition) is 3. The fourth-order valence-corrected chi connectivity index (χ4v) is 2.85. The van der Waals surface area contributed by atoms with Crippen LogP contribution in [0, 0.1) is 6.92 Å². The predicted molar refractivity (Wildman–Crippen MR) is 93.7 cm³/mol. The van der Waals surface area contributed by atoms with Gasteiger partial charge in [-0.1, -0.05) is 24.3 Å². The standard InChI is InChI=1S/C18H16BrN3/c1-13-8-17(19)18(21-10-13)22-11-14-4-2-5-15(9-14)16-6-3-7-20-12-16/h2-10,12H,11H2,1H3,(H,21,22). The Morgan fingerprint density at radius 1 is 1.05 bits per heavy atom. The molecule has 0 aliphatic rings. The van der Waals surface area contributed by atoms with Gasteiger partial charge in [0.05, 0.1) is 4.47 Å². The summed E-state index contributed by atoms with van der Waals surface area (Å²) in [5.74, 6) is 0.859. The van der Waals surface area contributed by atoms with Crippen LogP contribution in [0.3, 0.4) is 0 Å². The first-order valence-electron chi connectivity index (χ1n) is 7.08. The number of aromatic nitrogens is 2. The van der Waals surface area contributed by atoms with Crippen LogP contribution in [-0.4, -0.2) is 9.97 Å². The highest BCUT2D eigenvalue weighted by atomic mass is 79.9. The van der Waals surface area contributed by atoms with Crippen LogP contribution in [0.2, 0.25) is 0 Å². The highest BCUT2D eigenvalue weighted by Gasteiger charge is 2.03. The smallest absolute Gasteiger partial charge is 0.140 e. The Kier molecular flexibility index (Phi) is 4.49. The third-order valence-electron chi connectivity index (χ3n) is 3.36. The maximum Gasteiger partial charge on any atom is 0.140 e. The van der Waals surface area contributed by atoms with Gasteiger partial charge in [0.2, 0.25) is 0 Å². The SMILES string of the molecule is Cc1cnc(NCc2cccc(-c3cccnc3)c2)c(Br)c1. The Morgan fingerprint density at radius 2 is 1.91 bits per heavy atom. The number of halogens is 1. The Hall–Kier alpha value is -2.20. The van der Waals surface area contributed by atoms with Crippen LogP contribution in [0.1, 0.15) is 11.1 Å². The van der Waals surface area contributed by atoms with Gasteiger partial charge in [-0.3, -0.25) is 4.98 Å². The van der Waals surface area contributed by atoms with Crippen molar-refractivity contribution < 1.29 is 0 Å². The first kappa shape index (κ1) is 14.7. The minimum absolute atomic E-state index is 0.725. The van der Waals surface area contributed by atoms with Gasteiger partial charge in [0.25, 0.3) is 0 Å². The summed E-state index contributed by atoms with van der Waals surface area (Å²) < 4.78 is 0.982. The van der Waals surface area contributed by atoms with E-state index in [1.807, 2.05) is 25.4 Å². The molecule has 2 aromatic heterocycles. The summed E-state index contributed by atoms with van der Waals surface area (Å²) in [6.07, 6.45) is 5.53. The predicted octanol–water partition coefficient (Wildman–Crippen LogP) is 4.83. The summed E-state index contributed by atoms with van der Waals surface area (Å²) >= 11 is 3.54. The summed E-state index contributed by atoms with van der Waals surface area (Å²) in [7, 11) is 0. The van der Waals surface area contributed by atoms with E-state index in [1.54, 1.807) is 6.20 Å². The van der Waals surface area contributed by atoms with Crippen LogP contribution in [0.25, 0.3) is 11.1 Å². The van der Waals surface area contributed by atoms with E-state index in [-0.39, 0.29) is 0 Å². The Morgan fingerprint density at radius 3 is 2.68 bits per heavy atom. The highest BCUT2D eigenvalue weighted by molar-refractivity contribution is 9.10. The van der Waals surface area contributed by atoms with Gasteiger partial charge in [0, 0.05) is 25.1 Å². The lowest BCUT2D eigenvalue weighted by molar-refractivity contribution is 1.10. The summed E-state index contributed by atoms with van der Waals surface area (Å²) in [6, 6.07) is 14.5. The molecule has 22 heavy (non-hydrogen) atoms. The molecule has 3 nitrogen and oxygen atoms in total. The normalized spacial score (nSPS) is 10.5. The first-order chi connectivity index (χ1) is 10.7. The summed E-state index contributed by atoms with van der Waals surface area (Å²) in [4.78, 5) is 8.58. The quantitative estimate of drug-likeness (QED) is 0.730. The molecule has 0 unspecified atom stereocenters. The lowest BCUT2D eigenvalue weighted by atomic mass is 10.0. The zero-order valence-electron chi connectivity index (χ0n) is 12.3. The first-order valence-corrected chi connectivity index (χ1v) is 7.87. The molecule has 0 aliphatic carbocycles. The van der Waals surface area contributed by atoms with Crippen molar-refractivity contribution in [1.82, 2.24) is 9.97 Å². The molecule has 2 heterocycles. The van der Waals surface area contributed by atoms with E-state index in [2.05, 4.69) is 67.6 Å². The number of nitrogens with zero attached hydrogens (tertiary/aromatic N) is 2. The van der Waals surface area contributed by atoms with Gasteiger partial charge in [-0.15, -0.1) is 0 Å². The van der Waals surface area contributed by atoms with Crippen molar-refractivity contribution in [3.63, 3.8) is 0 Å². The molecule has 4 heteroatoms. The topological polar surface area (TPSA) is 37.8 Å². The monoisotopic (exact) mass is 353 g/mol. The van der Waals surface area contributed by atoms with Gasteiger partial charge in [-0.2, -0.15) is 0 Å². The Bertz CT molecular complexity index is 772. The number of aryl methyl sites for hydroxylation is 1. The minimum atomic E-state index is 0.725. The van der Waals surface area contributed by atoms with Crippen molar-refractivity contribution in [2.45, 2.75) is 13.5 Å². The van der Waals surface area contributed by atoms with Crippen LogP contribution < -0.4 is 5.32 Å². The average molecular weight is 354 g/mol. The molecule has 1 N–H and O–H groups in total. The van der Waals surface area contributed by atoms with Crippen molar-refractivity contribution >= 4 is 21.7 Å². The van der Waals surface area contributed by atoms with Crippen molar-refractivity contribution in [2.75, 3.05) is 5.32 Å². The molecule has 0 fully saturated rings. The van der Waals surface area contributed by atoms with E-state index in [0.717, 1.165) is 28.0 Å². The molecule has 0 spiro atoms. The molecule has 0 amide bonds. The molecule has 0 aliphatic heterocycles. The molecule has 0 radical (unpaired) electrons. The van der Waals surface area contributed by atoms with Gasteiger partial charge in [0.15, 0.2) is 0 Å². The molecular weight excluding hydrogens is 338 g/mol. The fraction of sp³-hybridized carbons (Fsp3) is 0.111. The maximum absolute atomic E-state index is 4.41. The van der Waals surface area contributed by atoms with Crippen molar-refractivity contribution in [1.29, 1.82) is 0 Å². The van der Waals surface area contributed by atoms with Crippen LogP contribution in [0.4, 0.5) is 5.82 Å². The van der Waals surface area contributed by atoms with Crippen LogP contribution in [-0.2, 0) is 6.54 Å². The largest absolute Gasteiger partial charge is 0.365 e. The third-order valence-corrected chi connectivity index (χ3v) is 3.96. The molecule has 3 aromatic rings.